The number of aliphatic carboxylic acids is 1. The first-order valence-electron chi connectivity index (χ1n) is 2.71. The minimum absolute atomic E-state index is 0.0949. The summed E-state index contributed by atoms with van der Waals surface area (Å²) in [6, 6.07) is 0. The van der Waals surface area contributed by atoms with Crippen LogP contribution in [0.1, 0.15) is 0 Å². The zero-order chi connectivity index (χ0) is 10.1. The van der Waals surface area contributed by atoms with Gasteiger partial charge in [-0.1, -0.05) is 24.8 Å². The smallest absolute Gasteiger partial charge is 0.348 e. The molecule has 0 aromatic rings. The van der Waals surface area contributed by atoms with Crippen LogP contribution in [0.4, 0.5) is 0 Å². The molecule has 0 aliphatic heterocycles. The Morgan fingerprint density at radius 1 is 1.58 bits per heavy atom. The van der Waals surface area contributed by atoms with Gasteiger partial charge in [-0.2, -0.15) is 0 Å². The lowest BCUT2D eigenvalue weighted by atomic mass is 10.7. The van der Waals surface area contributed by atoms with E-state index in [-0.39, 0.29) is 5.03 Å². The fourth-order valence-electron chi connectivity index (χ4n) is 0.111. The summed E-state index contributed by atoms with van der Waals surface area (Å²) in [5.41, 5.74) is 0. The molecule has 0 radical (unpaired) electrons. The molecule has 0 bridgehead atoms. The first-order chi connectivity index (χ1) is 5.45. The Kier molecular flexibility index (Phi) is 8.67. The number of rotatable bonds is 2. The average molecular weight is 192 g/mol. The van der Waals surface area contributed by atoms with Crippen molar-refractivity contribution < 1.29 is 19.4 Å². The lowest BCUT2D eigenvalue weighted by Gasteiger charge is -1.89. The van der Waals surface area contributed by atoms with E-state index in [0.717, 1.165) is 6.08 Å². The number of carbonyl (C=O) groups excluding carboxylic acids is 2. The van der Waals surface area contributed by atoms with Gasteiger partial charge in [0.15, 0.2) is 0 Å². The molecule has 0 aromatic heterocycles. The second kappa shape index (κ2) is 7.81. The molecule has 68 valence electrons. The highest BCUT2D eigenvalue weighted by molar-refractivity contribution is 6.40. The monoisotopic (exact) mass is 191 g/mol. The normalized spacial score (nSPS) is 7.17. The van der Waals surface area contributed by atoms with Crippen molar-refractivity contribution in [3.63, 3.8) is 0 Å². The predicted molar refractivity (Wildman–Crippen MR) is 42.2 cm³/mol. The molecule has 0 unspecified atom stereocenters. The maximum atomic E-state index is 10.1. The summed E-state index contributed by atoms with van der Waals surface area (Å²) in [5, 5.41) is 9.04. The van der Waals surface area contributed by atoms with Crippen LogP contribution in [0.2, 0.25) is 0 Å². The van der Waals surface area contributed by atoms with E-state index in [2.05, 4.69) is 17.9 Å². The third-order valence-electron chi connectivity index (χ3n) is 0.574. The highest BCUT2D eigenvalue weighted by Crippen LogP contribution is 1.96. The van der Waals surface area contributed by atoms with E-state index in [0.29, 0.717) is 0 Å². The molecule has 0 aromatic carbocycles. The van der Waals surface area contributed by atoms with Crippen LogP contribution >= 0.6 is 11.6 Å². The molecule has 12 heavy (non-hydrogen) atoms. The number of carbonyl (C=O) groups is 2. The summed E-state index contributed by atoms with van der Waals surface area (Å²) in [7, 11) is 1.25. The van der Waals surface area contributed by atoms with Crippen LogP contribution < -0.4 is 5.11 Å². The molecule has 0 N–H and O–H groups in total. The third-order valence-corrected chi connectivity index (χ3v) is 0.728. The minimum atomic E-state index is -1.23. The van der Waals surface area contributed by atoms with Gasteiger partial charge >= 0.3 is 5.97 Å². The third kappa shape index (κ3) is 11.5. The van der Waals surface area contributed by atoms with Crippen LogP contribution in [0.5, 0.6) is 0 Å². The SMILES string of the molecule is C=C(Cl)C(=O)OC.C=CC(=O)[O-]. The Hall–Kier alpha value is -1.29. The number of hydrogen-bond donors (Lipinski definition) is 0. The molecule has 0 rings (SSSR count). The maximum Gasteiger partial charge on any atom is 0.348 e. The number of carboxylic acids is 1. The van der Waals surface area contributed by atoms with E-state index in [4.69, 9.17) is 21.5 Å². The summed E-state index contributed by atoms with van der Waals surface area (Å²) in [5.74, 6) is -1.81. The molecule has 0 aliphatic carbocycles. The van der Waals surface area contributed by atoms with E-state index >= 15 is 0 Å². The molecular formula is C7H8ClO4-. The van der Waals surface area contributed by atoms with Gasteiger partial charge in [0.05, 0.1) is 13.1 Å². The number of carboxylic acid groups (broad SMARTS) is 1. The van der Waals surface area contributed by atoms with Crippen LogP contribution in [0.15, 0.2) is 24.3 Å². The van der Waals surface area contributed by atoms with Crippen molar-refractivity contribution in [1.82, 2.24) is 0 Å². The predicted octanol–water partition coefficient (Wildman–Crippen LogP) is -0.166. The van der Waals surface area contributed by atoms with Gasteiger partial charge in [-0.15, -0.1) is 0 Å². The van der Waals surface area contributed by atoms with E-state index in [1.165, 1.54) is 7.11 Å². The highest BCUT2D eigenvalue weighted by Gasteiger charge is 1.98. The molecule has 0 heterocycles. The van der Waals surface area contributed by atoms with Gasteiger partial charge in [-0.05, 0) is 6.08 Å². The number of esters is 1. The quantitative estimate of drug-likeness (QED) is 0.449. The number of ether oxygens (including phenoxy) is 1. The highest BCUT2D eigenvalue weighted by atomic mass is 35.5. The van der Waals surface area contributed by atoms with E-state index in [9.17, 15) is 4.79 Å². The largest absolute Gasteiger partial charge is 0.545 e. The molecule has 0 fully saturated rings. The van der Waals surface area contributed by atoms with Gasteiger partial charge in [0.1, 0.15) is 5.03 Å². The first kappa shape index (κ1) is 13.3. The van der Waals surface area contributed by atoms with Crippen molar-refractivity contribution in [1.29, 1.82) is 0 Å². The molecular weight excluding hydrogens is 184 g/mol. The van der Waals surface area contributed by atoms with E-state index < -0.39 is 11.9 Å². The standard InChI is InChI=1S/C4H5ClO2.C3H4O2/c1-3(5)4(6)7-2;1-2-3(4)5/h1H2,2H3;2H,1H2,(H,4,5)/p-1. The summed E-state index contributed by atoms with van der Waals surface area (Å²) in [6.45, 7) is 6.01. The van der Waals surface area contributed by atoms with Crippen molar-refractivity contribution in [2.24, 2.45) is 0 Å². The number of methoxy groups -OCH3 is 1. The van der Waals surface area contributed by atoms with Gasteiger partial charge in [0.25, 0.3) is 0 Å². The van der Waals surface area contributed by atoms with Gasteiger partial charge in [-0.3, -0.25) is 0 Å². The first-order valence-corrected chi connectivity index (χ1v) is 3.09. The summed E-state index contributed by atoms with van der Waals surface area (Å²) < 4.78 is 4.14. The summed E-state index contributed by atoms with van der Waals surface area (Å²) in [4.78, 5) is 19.2. The Bertz CT molecular complexity index is 198. The van der Waals surface area contributed by atoms with Crippen LogP contribution in [0.25, 0.3) is 0 Å². The molecule has 4 nitrogen and oxygen atoms in total. The summed E-state index contributed by atoms with van der Waals surface area (Å²) >= 11 is 5.06. The zero-order valence-corrected chi connectivity index (χ0v) is 7.26. The van der Waals surface area contributed by atoms with Gasteiger partial charge in [0.2, 0.25) is 0 Å². The number of hydrogen-bond acceptors (Lipinski definition) is 4. The molecule has 0 spiro atoms. The summed E-state index contributed by atoms with van der Waals surface area (Å²) in [6.07, 6.45) is 0.722. The van der Waals surface area contributed by atoms with Crippen LogP contribution in [-0.4, -0.2) is 19.0 Å². The molecule has 5 heteroatoms. The molecule has 0 saturated heterocycles. The minimum Gasteiger partial charge on any atom is -0.545 e. The lowest BCUT2D eigenvalue weighted by Crippen LogP contribution is -2.17. The lowest BCUT2D eigenvalue weighted by molar-refractivity contribution is -0.297. The Balaban J connectivity index is 0. The van der Waals surface area contributed by atoms with Crippen molar-refractivity contribution in [2.75, 3.05) is 7.11 Å². The van der Waals surface area contributed by atoms with Gasteiger partial charge in [-0.25, -0.2) is 4.79 Å². The van der Waals surface area contributed by atoms with Gasteiger partial charge < -0.3 is 14.6 Å². The molecule has 0 atom stereocenters. The average Bonchev–Trinajstić information content (AvgIpc) is 2.04. The fourth-order valence-corrected chi connectivity index (χ4v) is 0.188. The van der Waals surface area contributed by atoms with Crippen molar-refractivity contribution in [3.8, 4) is 0 Å². The molecule has 0 aliphatic rings. The van der Waals surface area contributed by atoms with Crippen molar-refractivity contribution >= 4 is 23.5 Å². The Labute approximate surface area is 75.1 Å². The van der Waals surface area contributed by atoms with E-state index in [1.807, 2.05) is 0 Å². The van der Waals surface area contributed by atoms with Crippen LogP contribution in [0.3, 0.4) is 0 Å². The van der Waals surface area contributed by atoms with Crippen LogP contribution in [0, 0.1) is 0 Å². The van der Waals surface area contributed by atoms with Crippen molar-refractivity contribution in [3.05, 3.63) is 24.3 Å². The number of halogens is 1. The van der Waals surface area contributed by atoms with Gasteiger partial charge in [0, 0.05) is 0 Å². The molecule has 0 amide bonds. The van der Waals surface area contributed by atoms with Crippen molar-refractivity contribution in [2.45, 2.75) is 0 Å². The van der Waals surface area contributed by atoms with E-state index in [1.54, 1.807) is 0 Å². The Morgan fingerprint density at radius 2 is 1.92 bits per heavy atom. The second-order valence-corrected chi connectivity index (χ2v) is 1.88. The maximum absolute atomic E-state index is 10.1. The zero-order valence-electron chi connectivity index (χ0n) is 6.50. The fraction of sp³-hybridized carbons (Fsp3) is 0.143. The van der Waals surface area contributed by atoms with Crippen LogP contribution in [-0.2, 0) is 14.3 Å². The molecule has 0 saturated carbocycles. The topological polar surface area (TPSA) is 66.4 Å². The second-order valence-electron chi connectivity index (χ2n) is 1.42. The Morgan fingerprint density at radius 3 is 1.92 bits per heavy atom.